The highest BCUT2D eigenvalue weighted by Gasteiger charge is 2.18. The summed E-state index contributed by atoms with van der Waals surface area (Å²) in [5.41, 5.74) is 2.24. The van der Waals surface area contributed by atoms with Crippen LogP contribution in [0.1, 0.15) is 18.9 Å². The largest absolute Gasteiger partial charge is 0.381 e. The van der Waals surface area contributed by atoms with Gasteiger partial charge in [0.15, 0.2) is 5.96 Å². The zero-order chi connectivity index (χ0) is 17.5. The normalized spacial score (nSPS) is 17.7. The average molecular weight is 341 g/mol. The Morgan fingerprint density at radius 2 is 2.24 bits per heavy atom. The van der Waals surface area contributed by atoms with Gasteiger partial charge in [-0.2, -0.15) is 5.10 Å². The molecule has 6 nitrogen and oxygen atoms in total. The van der Waals surface area contributed by atoms with Crippen LogP contribution < -0.4 is 5.32 Å². The maximum absolute atomic E-state index is 5.47. The van der Waals surface area contributed by atoms with Gasteiger partial charge in [-0.15, -0.1) is 0 Å². The van der Waals surface area contributed by atoms with E-state index in [1.165, 1.54) is 5.56 Å². The number of benzene rings is 1. The summed E-state index contributed by atoms with van der Waals surface area (Å²) in [6, 6.07) is 10.3. The molecule has 25 heavy (non-hydrogen) atoms. The molecule has 1 aliphatic rings. The Hall–Kier alpha value is -2.34. The van der Waals surface area contributed by atoms with Crippen molar-refractivity contribution in [2.75, 3.05) is 33.4 Å². The summed E-state index contributed by atoms with van der Waals surface area (Å²) in [6.45, 7) is 6.34. The summed E-state index contributed by atoms with van der Waals surface area (Å²) >= 11 is 0. The van der Waals surface area contributed by atoms with E-state index in [2.05, 4.69) is 53.6 Å². The van der Waals surface area contributed by atoms with Crippen molar-refractivity contribution in [3.8, 4) is 5.69 Å². The molecular formula is C19H27N5O. The van der Waals surface area contributed by atoms with E-state index >= 15 is 0 Å². The highest BCUT2D eigenvalue weighted by molar-refractivity contribution is 5.79. The molecule has 0 saturated carbocycles. The number of hydrogen-bond donors (Lipinski definition) is 1. The van der Waals surface area contributed by atoms with Crippen LogP contribution in [0.15, 0.2) is 47.7 Å². The molecule has 1 unspecified atom stereocenters. The van der Waals surface area contributed by atoms with Crippen molar-refractivity contribution < 1.29 is 4.74 Å². The predicted octanol–water partition coefficient (Wildman–Crippen LogP) is 2.31. The third kappa shape index (κ3) is 4.82. The third-order valence-corrected chi connectivity index (χ3v) is 4.37. The molecule has 1 aromatic heterocycles. The molecule has 1 atom stereocenters. The number of rotatable bonds is 6. The number of nitrogens with zero attached hydrogens (tertiary/aromatic N) is 4. The van der Waals surface area contributed by atoms with Crippen LogP contribution in [0, 0.1) is 5.92 Å². The van der Waals surface area contributed by atoms with Crippen LogP contribution in [0.2, 0.25) is 0 Å². The summed E-state index contributed by atoms with van der Waals surface area (Å²) < 4.78 is 7.33. The zero-order valence-corrected chi connectivity index (χ0v) is 15.1. The van der Waals surface area contributed by atoms with Gasteiger partial charge >= 0.3 is 0 Å². The number of aliphatic imine (C=N–C) groups is 1. The Morgan fingerprint density at radius 3 is 2.88 bits per heavy atom. The Bertz CT molecular complexity index is 660. The number of aromatic nitrogens is 2. The molecule has 1 aliphatic heterocycles. The molecule has 1 saturated heterocycles. The highest BCUT2D eigenvalue weighted by atomic mass is 16.5. The molecule has 2 aromatic rings. The first kappa shape index (κ1) is 17.5. The number of guanidine groups is 1. The molecule has 6 heteroatoms. The minimum Gasteiger partial charge on any atom is -0.381 e. The van der Waals surface area contributed by atoms with Crippen LogP contribution >= 0.6 is 0 Å². The molecule has 0 bridgehead atoms. The van der Waals surface area contributed by atoms with E-state index in [0.717, 1.165) is 44.4 Å². The predicted molar refractivity (Wildman–Crippen MR) is 99.9 cm³/mol. The summed E-state index contributed by atoms with van der Waals surface area (Å²) in [5.74, 6) is 1.55. The van der Waals surface area contributed by atoms with E-state index in [1.807, 2.05) is 16.9 Å². The summed E-state index contributed by atoms with van der Waals surface area (Å²) in [7, 11) is 2.10. The second-order valence-corrected chi connectivity index (χ2v) is 6.40. The fourth-order valence-electron chi connectivity index (χ4n) is 3.01. The molecule has 0 amide bonds. The molecule has 2 heterocycles. The lowest BCUT2D eigenvalue weighted by Crippen LogP contribution is -2.41. The van der Waals surface area contributed by atoms with Gasteiger partial charge in [-0.25, -0.2) is 9.67 Å². The maximum Gasteiger partial charge on any atom is 0.193 e. The van der Waals surface area contributed by atoms with E-state index in [1.54, 1.807) is 6.20 Å². The summed E-state index contributed by atoms with van der Waals surface area (Å²) in [4.78, 5) is 7.00. The van der Waals surface area contributed by atoms with Crippen LogP contribution in [-0.2, 0) is 11.3 Å². The quantitative estimate of drug-likeness (QED) is 0.647. The Kier molecular flexibility index (Phi) is 6.06. The molecule has 134 valence electrons. The number of nitrogens with one attached hydrogen (secondary N) is 1. The smallest absolute Gasteiger partial charge is 0.193 e. The lowest BCUT2D eigenvalue weighted by Gasteiger charge is -2.24. The number of hydrogen-bond acceptors (Lipinski definition) is 3. The van der Waals surface area contributed by atoms with E-state index in [4.69, 9.17) is 9.73 Å². The van der Waals surface area contributed by atoms with Crippen molar-refractivity contribution in [1.82, 2.24) is 20.0 Å². The molecule has 3 rings (SSSR count). The van der Waals surface area contributed by atoms with E-state index in [-0.39, 0.29) is 0 Å². The zero-order valence-electron chi connectivity index (χ0n) is 15.1. The average Bonchev–Trinajstić information content (AvgIpc) is 3.33. The molecule has 1 aromatic carbocycles. The van der Waals surface area contributed by atoms with Gasteiger partial charge in [0.2, 0.25) is 0 Å². The summed E-state index contributed by atoms with van der Waals surface area (Å²) in [6.07, 6.45) is 4.86. The SMILES string of the molecule is CCNC(=NCc1ccc(-n2cccn2)cc1)N(C)CC1CCOC1. The van der Waals surface area contributed by atoms with E-state index in [0.29, 0.717) is 12.5 Å². The fraction of sp³-hybridized carbons (Fsp3) is 0.474. The van der Waals surface area contributed by atoms with Crippen molar-refractivity contribution in [3.05, 3.63) is 48.3 Å². The Morgan fingerprint density at radius 1 is 1.40 bits per heavy atom. The molecule has 0 radical (unpaired) electrons. The van der Waals surface area contributed by atoms with Gasteiger partial charge in [0.25, 0.3) is 0 Å². The first-order chi connectivity index (χ1) is 12.3. The van der Waals surface area contributed by atoms with Crippen molar-refractivity contribution in [2.24, 2.45) is 10.9 Å². The van der Waals surface area contributed by atoms with Gasteiger partial charge < -0.3 is 15.0 Å². The number of ether oxygens (including phenoxy) is 1. The Balaban J connectivity index is 1.62. The van der Waals surface area contributed by atoms with Crippen LogP contribution in [0.4, 0.5) is 0 Å². The molecular weight excluding hydrogens is 314 g/mol. The second kappa shape index (κ2) is 8.67. The van der Waals surface area contributed by atoms with Gasteiger partial charge in [-0.1, -0.05) is 12.1 Å². The monoisotopic (exact) mass is 341 g/mol. The molecule has 0 spiro atoms. The van der Waals surface area contributed by atoms with Gasteiger partial charge in [-0.05, 0) is 37.1 Å². The lowest BCUT2D eigenvalue weighted by molar-refractivity contribution is 0.181. The van der Waals surface area contributed by atoms with Gasteiger partial charge in [0.1, 0.15) is 0 Å². The third-order valence-electron chi connectivity index (χ3n) is 4.37. The minimum atomic E-state index is 0.599. The van der Waals surface area contributed by atoms with Crippen LogP contribution in [0.3, 0.4) is 0 Å². The highest BCUT2D eigenvalue weighted by Crippen LogP contribution is 2.14. The van der Waals surface area contributed by atoms with Crippen LogP contribution in [0.5, 0.6) is 0 Å². The molecule has 1 fully saturated rings. The van der Waals surface area contributed by atoms with E-state index in [9.17, 15) is 0 Å². The van der Waals surface area contributed by atoms with Crippen LogP contribution in [-0.4, -0.2) is 54.0 Å². The lowest BCUT2D eigenvalue weighted by atomic mass is 10.1. The Labute approximate surface area is 149 Å². The first-order valence-electron chi connectivity index (χ1n) is 8.92. The second-order valence-electron chi connectivity index (χ2n) is 6.40. The van der Waals surface area contributed by atoms with Gasteiger partial charge in [0.05, 0.1) is 18.8 Å². The van der Waals surface area contributed by atoms with Crippen molar-refractivity contribution >= 4 is 5.96 Å². The van der Waals surface area contributed by atoms with Crippen molar-refractivity contribution in [2.45, 2.75) is 19.9 Å². The minimum absolute atomic E-state index is 0.599. The fourth-order valence-corrected chi connectivity index (χ4v) is 3.01. The van der Waals surface area contributed by atoms with Crippen molar-refractivity contribution in [1.29, 1.82) is 0 Å². The topological polar surface area (TPSA) is 54.7 Å². The first-order valence-corrected chi connectivity index (χ1v) is 8.92. The maximum atomic E-state index is 5.47. The molecule has 1 N–H and O–H groups in total. The standard InChI is InChI=1S/C19H27N5O/c1-3-20-19(23(2)14-17-9-12-25-15-17)21-13-16-5-7-18(8-6-16)24-11-4-10-22-24/h4-8,10-11,17H,3,9,12-15H2,1-2H3,(H,20,21). The van der Waals surface area contributed by atoms with E-state index < -0.39 is 0 Å². The summed E-state index contributed by atoms with van der Waals surface area (Å²) in [5, 5.41) is 7.63. The van der Waals surface area contributed by atoms with Crippen molar-refractivity contribution in [3.63, 3.8) is 0 Å². The van der Waals surface area contributed by atoms with Gasteiger partial charge in [0, 0.05) is 45.1 Å². The molecule has 0 aliphatic carbocycles. The van der Waals surface area contributed by atoms with Gasteiger partial charge in [-0.3, -0.25) is 0 Å². The van der Waals surface area contributed by atoms with Crippen LogP contribution in [0.25, 0.3) is 5.69 Å².